The van der Waals surface area contributed by atoms with Crippen LogP contribution in [-0.4, -0.2) is 25.0 Å². The van der Waals surface area contributed by atoms with E-state index in [1.807, 2.05) is 0 Å². The van der Waals surface area contributed by atoms with Gasteiger partial charge in [0.15, 0.2) is 0 Å². The highest BCUT2D eigenvalue weighted by Gasteiger charge is 2.38. The molecule has 0 amide bonds. The van der Waals surface area contributed by atoms with Crippen LogP contribution in [0.3, 0.4) is 0 Å². The first kappa shape index (κ1) is 32.8. The fourth-order valence-corrected chi connectivity index (χ4v) is 8.03. The smallest absolute Gasteiger partial charge is 0.0919 e. The molecule has 3 rings (SSSR count). The van der Waals surface area contributed by atoms with Crippen LogP contribution in [0.25, 0.3) is 0 Å². The fourth-order valence-electron chi connectivity index (χ4n) is 5.90. The van der Waals surface area contributed by atoms with Crippen molar-refractivity contribution in [2.45, 2.75) is 124 Å². The van der Waals surface area contributed by atoms with Crippen molar-refractivity contribution < 1.29 is 0 Å². The summed E-state index contributed by atoms with van der Waals surface area (Å²) in [6.07, 6.45) is 6.75. The van der Waals surface area contributed by atoms with E-state index in [9.17, 15) is 0 Å². The predicted octanol–water partition coefficient (Wildman–Crippen LogP) is 11.2. The van der Waals surface area contributed by atoms with Crippen LogP contribution >= 0.6 is 0 Å². The van der Waals surface area contributed by atoms with E-state index >= 15 is 0 Å². The minimum atomic E-state index is -1.52. The Hall–Kier alpha value is -2.72. The van der Waals surface area contributed by atoms with Crippen molar-refractivity contribution in [1.29, 1.82) is 0 Å². The van der Waals surface area contributed by atoms with Gasteiger partial charge >= 0.3 is 0 Å². The molecule has 0 radical (unpaired) electrons. The van der Waals surface area contributed by atoms with Crippen molar-refractivity contribution in [2.24, 2.45) is 9.98 Å². The molecule has 0 bridgehead atoms. The Morgan fingerprint density at radius 1 is 0.707 bits per heavy atom. The molecule has 41 heavy (non-hydrogen) atoms. The van der Waals surface area contributed by atoms with Crippen molar-refractivity contribution in [2.75, 3.05) is 0 Å². The van der Waals surface area contributed by atoms with Gasteiger partial charge < -0.3 is 5.32 Å². The molecule has 4 heteroatoms. The summed E-state index contributed by atoms with van der Waals surface area (Å²) in [5, 5.41) is 4.01. The maximum absolute atomic E-state index is 5.49. The molecular weight excluding hydrogens is 515 g/mol. The topological polar surface area (TPSA) is 36.8 Å². The van der Waals surface area contributed by atoms with E-state index in [2.05, 4.69) is 149 Å². The number of dihydropyridines is 1. The van der Waals surface area contributed by atoms with Crippen LogP contribution in [0.15, 0.2) is 70.3 Å². The number of hydrogen-bond acceptors (Lipinski definition) is 3. The second-order valence-electron chi connectivity index (χ2n) is 14.4. The third kappa shape index (κ3) is 7.77. The van der Waals surface area contributed by atoms with Gasteiger partial charge in [0.25, 0.3) is 0 Å². The van der Waals surface area contributed by atoms with Gasteiger partial charge in [0, 0.05) is 13.8 Å². The number of para-hydroxylation sites is 2. The van der Waals surface area contributed by atoms with Gasteiger partial charge in [-0.1, -0.05) is 124 Å². The lowest BCUT2D eigenvalue weighted by molar-refractivity contribution is 0.622. The van der Waals surface area contributed by atoms with Crippen LogP contribution < -0.4 is 5.32 Å². The van der Waals surface area contributed by atoms with Gasteiger partial charge in [-0.2, -0.15) is 0 Å². The molecule has 1 heterocycles. The highest BCUT2D eigenvalue weighted by Crippen LogP contribution is 2.38. The van der Waals surface area contributed by atoms with E-state index in [1.54, 1.807) is 0 Å². The highest BCUT2D eigenvalue weighted by molar-refractivity contribution is 6.76. The van der Waals surface area contributed by atoms with E-state index < -0.39 is 8.07 Å². The Labute approximate surface area is 252 Å². The zero-order valence-electron chi connectivity index (χ0n) is 28.1. The van der Waals surface area contributed by atoms with Crippen molar-refractivity contribution >= 4 is 30.9 Å². The first-order chi connectivity index (χ1) is 19.1. The van der Waals surface area contributed by atoms with Crippen molar-refractivity contribution in [1.82, 2.24) is 5.32 Å². The summed E-state index contributed by atoms with van der Waals surface area (Å²) in [5.74, 6) is 1.63. The van der Waals surface area contributed by atoms with E-state index in [0.717, 1.165) is 34.5 Å². The third-order valence-corrected chi connectivity index (χ3v) is 9.71. The number of hydrogen-bond donors (Lipinski definition) is 1. The third-order valence-electron chi connectivity index (χ3n) is 8.09. The SMILES string of the molecule is CC(=Nc1c(C(C)C)cccc1C(C)C)C1=CC=CC(C[Si](C)(C)C)(C(C)=Nc2c(C(C)C)cccc2C(C)C)N1. The number of benzene rings is 2. The van der Waals surface area contributed by atoms with Gasteiger partial charge in [-0.3, -0.25) is 9.98 Å². The van der Waals surface area contributed by atoms with Gasteiger partial charge in [-0.15, -0.1) is 0 Å². The van der Waals surface area contributed by atoms with Crippen LogP contribution in [0, 0.1) is 0 Å². The van der Waals surface area contributed by atoms with E-state index in [0.29, 0.717) is 23.7 Å². The van der Waals surface area contributed by atoms with Crippen LogP contribution in [0.4, 0.5) is 11.4 Å². The molecule has 0 saturated carbocycles. The monoisotopic (exact) mass is 569 g/mol. The Balaban J connectivity index is 2.16. The number of rotatable bonds is 10. The number of allylic oxidation sites excluding steroid dienone is 3. The maximum atomic E-state index is 5.49. The summed E-state index contributed by atoms with van der Waals surface area (Å²) in [6.45, 7) is 29.8. The van der Waals surface area contributed by atoms with Gasteiger partial charge in [-0.05, 0) is 71.9 Å². The molecule has 1 atom stereocenters. The standard InChI is InChI=1S/C37H55N3Si/c1-24(2)30-17-14-18-31(25(3)4)35(30)38-28(9)34-21-16-22-37(40-34,23-41(11,12)13)29(10)39-36-32(26(5)6)19-15-20-33(36)27(7)8/h14-22,24-27,40H,23H2,1-13H3. The summed E-state index contributed by atoms with van der Waals surface area (Å²) in [6, 6.07) is 14.4. The Bertz CT molecular complexity index is 1300. The van der Waals surface area contributed by atoms with Crippen molar-refractivity contribution in [3.63, 3.8) is 0 Å². The number of nitrogens with one attached hydrogen (secondary N) is 1. The molecule has 222 valence electrons. The van der Waals surface area contributed by atoms with Crippen LogP contribution in [0.2, 0.25) is 25.7 Å². The van der Waals surface area contributed by atoms with Gasteiger partial charge in [0.1, 0.15) is 0 Å². The minimum Gasteiger partial charge on any atom is -0.370 e. The molecule has 3 nitrogen and oxygen atoms in total. The lowest BCUT2D eigenvalue weighted by atomic mass is 9.90. The van der Waals surface area contributed by atoms with Gasteiger partial charge in [0.2, 0.25) is 0 Å². The second kappa shape index (κ2) is 13.1. The van der Waals surface area contributed by atoms with Crippen LogP contribution in [0.5, 0.6) is 0 Å². The molecular formula is C37H55N3Si. The first-order valence-electron chi connectivity index (χ1n) is 15.6. The summed E-state index contributed by atoms with van der Waals surface area (Å²) >= 11 is 0. The molecule has 0 spiro atoms. The van der Waals surface area contributed by atoms with Gasteiger partial charge in [0.05, 0.1) is 28.3 Å². The van der Waals surface area contributed by atoms with E-state index in [1.165, 1.54) is 22.3 Å². The molecule has 0 saturated heterocycles. The number of nitrogens with zero attached hydrogens (tertiary/aromatic N) is 2. The summed E-state index contributed by atoms with van der Waals surface area (Å²) in [4.78, 5) is 10.8. The summed E-state index contributed by atoms with van der Waals surface area (Å²) in [5.41, 5.74) is 10.4. The van der Waals surface area contributed by atoms with Crippen LogP contribution in [-0.2, 0) is 0 Å². The van der Waals surface area contributed by atoms with E-state index in [4.69, 9.17) is 9.98 Å². The fraction of sp³-hybridized carbons (Fsp3) is 0.514. The molecule has 1 unspecified atom stereocenters. The maximum Gasteiger partial charge on any atom is 0.0919 e. The lowest BCUT2D eigenvalue weighted by Crippen LogP contribution is -2.54. The molecule has 1 aliphatic heterocycles. The van der Waals surface area contributed by atoms with Crippen molar-refractivity contribution in [3.8, 4) is 0 Å². The number of aliphatic imine (C=N–C) groups is 2. The molecule has 1 aliphatic rings. The Morgan fingerprint density at radius 3 is 1.51 bits per heavy atom. The largest absolute Gasteiger partial charge is 0.370 e. The average Bonchev–Trinajstić information content (AvgIpc) is 2.87. The normalized spacial score (nSPS) is 18.5. The highest BCUT2D eigenvalue weighted by atomic mass is 28.3. The molecule has 2 aromatic rings. The molecule has 2 aromatic carbocycles. The average molecular weight is 570 g/mol. The minimum absolute atomic E-state index is 0.359. The molecule has 1 N–H and O–H groups in total. The predicted molar refractivity (Wildman–Crippen MR) is 186 cm³/mol. The summed E-state index contributed by atoms with van der Waals surface area (Å²) < 4.78 is 0. The first-order valence-corrected chi connectivity index (χ1v) is 19.3. The molecule has 0 aliphatic carbocycles. The Kier molecular flexibility index (Phi) is 10.4. The lowest BCUT2D eigenvalue weighted by Gasteiger charge is -2.40. The Morgan fingerprint density at radius 2 is 1.12 bits per heavy atom. The molecule has 0 aromatic heterocycles. The zero-order chi connectivity index (χ0) is 30.7. The van der Waals surface area contributed by atoms with E-state index in [-0.39, 0.29) is 5.54 Å². The second-order valence-corrected chi connectivity index (χ2v) is 19.8. The molecule has 0 fully saturated rings. The summed E-state index contributed by atoms with van der Waals surface area (Å²) in [7, 11) is -1.52. The van der Waals surface area contributed by atoms with Gasteiger partial charge in [-0.25, -0.2) is 0 Å². The van der Waals surface area contributed by atoms with Crippen LogP contribution in [0.1, 0.15) is 115 Å². The quantitative estimate of drug-likeness (QED) is 0.224. The van der Waals surface area contributed by atoms with Crippen molar-refractivity contribution in [3.05, 3.63) is 82.6 Å². The zero-order valence-corrected chi connectivity index (χ0v) is 29.1.